The van der Waals surface area contributed by atoms with Gasteiger partial charge in [0.1, 0.15) is 10.7 Å². The largest absolute Gasteiger partial charge is 0.389 e. The summed E-state index contributed by atoms with van der Waals surface area (Å²) < 4.78 is 1.62. The molecule has 0 fully saturated rings. The second-order valence-corrected chi connectivity index (χ2v) is 4.75. The second kappa shape index (κ2) is 5.38. The summed E-state index contributed by atoms with van der Waals surface area (Å²) in [5, 5.41) is 3.08. The van der Waals surface area contributed by atoms with Crippen molar-refractivity contribution in [1.82, 2.24) is 9.55 Å². The molecule has 0 saturated heterocycles. The van der Waals surface area contributed by atoms with Crippen molar-refractivity contribution < 1.29 is 4.79 Å². The fourth-order valence-corrected chi connectivity index (χ4v) is 1.89. The number of amides is 1. The van der Waals surface area contributed by atoms with Gasteiger partial charge in [-0.1, -0.05) is 23.8 Å². The van der Waals surface area contributed by atoms with E-state index in [1.54, 1.807) is 36.1 Å². The molecule has 98 valence electrons. The number of nitrogens with two attached hydrogens (primary N) is 1. The molecule has 0 atom stereocenters. The topological polar surface area (TPSA) is 72.9 Å². The molecule has 1 amide bonds. The number of nitrogens with zero attached hydrogens (tertiary/aromatic N) is 2. The molecular formula is C12H11ClN4OS. The number of thiocarbonyl (C=S) groups is 1. The summed E-state index contributed by atoms with van der Waals surface area (Å²) in [5.74, 6) is -0.287. The Morgan fingerprint density at radius 2 is 2.26 bits per heavy atom. The number of nitrogens with one attached hydrogen (secondary N) is 1. The highest BCUT2D eigenvalue weighted by Crippen LogP contribution is 2.23. The van der Waals surface area contributed by atoms with Crippen molar-refractivity contribution >= 4 is 40.4 Å². The molecule has 2 rings (SSSR count). The molecule has 1 aromatic heterocycles. The van der Waals surface area contributed by atoms with Crippen LogP contribution in [0.1, 0.15) is 16.1 Å². The maximum atomic E-state index is 12.0. The number of rotatable bonds is 3. The van der Waals surface area contributed by atoms with Crippen molar-refractivity contribution in [1.29, 1.82) is 0 Å². The van der Waals surface area contributed by atoms with E-state index in [4.69, 9.17) is 29.6 Å². The zero-order valence-electron chi connectivity index (χ0n) is 10.1. The maximum Gasteiger partial charge on any atom is 0.273 e. The van der Waals surface area contributed by atoms with Gasteiger partial charge in [-0.25, -0.2) is 4.98 Å². The molecule has 0 unspecified atom stereocenters. The third-order valence-corrected chi connectivity index (χ3v) is 3.10. The van der Waals surface area contributed by atoms with E-state index in [-0.39, 0.29) is 10.9 Å². The van der Waals surface area contributed by atoms with Crippen LogP contribution >= 0.6 is 23.8 Å². The highest BCUT2D eigenvalue weighted by atomic mass is 35.5. The van der Waals surface area contributed by atoms with E-state index >= 15 is 0 Å². The van der Waals surface area contributed by atoms with Gasteiger partial charge in [0.05, 0.1) is 23.2 Å². The van der Waals surface area contributed by atoms with Gasteiger partial charge < -0.3 is 15.6 Å². The number of hydrogen-bond acceptors (Lipinski definition) is 3. The minimum atomic E-state index is -0.287. The van der Waals surface area contributed by atoms with Crippen LogP contribution in [0, 0.1) is 0 Å². The lowest BCUT2D eigenvalue weighted by Gasteiger charge is -2.08. The first kappa shape index (κ1) is 13.5. The highest BCUT2D eigenvalue weighted by molar-refractivity contribution is 7.80. The van der Waals surface area contributed by atoms with Gasteiger partial charge in [0.15, 0.2) is 0 Å². The fourth-order valence-electron chi connectivity index (χ4n) is 1.53. The van der Waals surface area contributed by atoms with Crippen LogP contribution in [0.3, 0.4) is 0 Å². The van der Waals surface area contributed by atoms with Gasteiger partial charge >= 0.3 is 0 Å². The summed E-state index contributed by atoms with van der Waals surface area (Å²) >= 11 is 10.9. The predicted molar refractivity (Wildman–Crippen MR) is 78.5 cm³/mol. The monoisotopic (exact) mass is 294 g/mol. The molecule has 5 nitrogen and oxygen atoms in total. The number of carbonyl (C=O) groups is 1. The number of aromatic nitrogens is 2. The van der Waals surface area contributed by atoms with Gasteiger partial charge in [0, 0.05) is 12.6 Å². The molecule has 0 aliphatic rings. The average Bonchev–Trinajstić information content (AvgIpc) is 2.77. The average molecular weight is 295 g/mol. The Bertz CT molecular complexity index is 653. The molecule has 0 saturated carbocycles. The fraction of sp³-hybridized carbons (Fsp3) is 0.0833. The van der Waals surface area contributed by atoms with Gasteiger partial charge in [-0.3, -0.25) is 4.79 Å². The minimum absolute atomic E-state index is 0.256. The Kier molecular flexibility index (Phi) is 3.82. The van der Waals surface area contributed by atoms with Crippen LogP contribution in [0.15, 0.2) is 30.7 Å². The number of anilines is 1. The summed E-state index contributed by atoms with van der Waals surface area (Å²) in [4.78, 5) is 16.1. The zero-order valence-corrected chi connectivity index (χ0v) is 11.6. The molecule has 0 bridgehead atoms. The van der Waals surface area contributed by atoms with Crippen LogP contribution in [0.4, 0.5) is 5.69 Å². The SMILES string of the molecule is Cn1cncc1C(=O)Nc1ccc(C(N)=S)cc1Cl. The smallest absolute Gasteiger partial charge is 0.273 e. The Morgan fingerprint density at radius 3 is 2.79 bits per heavy atom. The molecule has 0 radical (unpaired) electrons. The van der Waals surface area contributed by atoms with Gasteiger partial charge in [-0.05, 0) is 18.2 Å². The zero-order chi connectivity index (χ0) is 14.0. The van der Waals surface area contributed by atoms with Crippen LogP contribution in [-0.4, -0.2) is 20.4 Å². The summed E-state index contributed by atoms with van der Waals surface area (Å²) in [6.45, 7) is 0. The lowest BCUT2D eigenvalue weighted by molar-refractivity contribution is 0.101. The Hall–Kier alpha value is -1.92. The number of halogens is 1. The maximum absolute atomic E-state index is 12.0. The van der Waals surface area contributed by atoms with Gasteiger partial charge in [-0.2, -0.15) is 0 Å². The van der Waals surface area contributed by atoms with E-state index in [9.17, 15) is 4.79 Å². The molecule has 7 heteroatoms. The van der Waals surface area contributed by atoms with Crippen molar-refractivity contribution in [2.45, 2.75) is 0 Å². The Labute approximate surface area is 120 Å². The third kappa shape index (κ3) is 2.91. The van der Waals surface area contributed by atoms with E-state index in [0.717, 1.165) is 0 Å². The minimum Gasteiger partial charge on any atom is -0.389 e. The van der Waals surface area contributed by atoms with Crippen molar-refractivity contribution in [2.24, 2.45) is 12.8 Å². The first-order valence-electron chi connectivity index (χ1n) is 5.36. The van der Waals surface area contributed by atoms with Crippen LogP contribution in [-0.2, 0) is 7.05 Å². The first-order valence-corrected chi connectivity index (χ1v) is 6.14. The van der Waals surface area contributed by atoms with Crippen LogP contribution in [0.25, 0.3) is 0 Å². The number of aryl methyl sites for hydroxylation is 1. The molecule has 0 aliphatic carbocycles. The normalized spacial score (nSPS) is 10.2. The van der Waals surface area contributed by atoms with E-state index < -0.39 is 0 Å². The number of hydrogen-bond donors (Lipinski definition) is 2. The highest BCUT2D eigenvalue weighted by Gasteiger charge is 2.12. The van der Waals surface area contributed by atoms with Crippen LogP contribution in [0.5, 0.6) is 0 Å². The quantitative estimate of drug-likeness (QED) is 0.849. The first-order chi connectivity index (χ1) is 8.99. The third-order valence-electron chi connectivity index (χ3n) is 2.55. The molecule has 19 heavy (non-hydrogen) atoms. The van der Waals surface area contributed by atoms with Crippen LogP contribution < -0.4 is 11.1 Å². The van der Waals surface area contributed by atoms with Crippen molar-refractivity contribution in [2.75, 3.05) is 5.32 Å². The van der Waals surface area contributed by atoms with Crippen LogP contribution in [0.2, 0.25) is 5.02 Å². The molecule has 0 aliphatic heterocycles. The summed E-state index contributed by atoms with van der Waals surface area (Å²) in [6.07, 6.45) is 3.03. The van der Waals surface area contributed by atoms with E-state index in [1.807, 2.05) is 0 Å². The van der Waals surface area contributed by atoms with E-state index in [1.165, 1.54) is 6.20 Å². The number of carbonyl (C=O) groups excluding carboxylic acids is 1. The molecule has 1 heterocycles. The Morgan fingerprint density at radius 1 is 1.53 bits per heavy atom. The summed E-state index contributed by atoms with van der Waals surface area (Å²) in [7, 11) is 1.74. The van der Waals surface area contributed by atoms with E-state index in [0.29, 0.717) is 22.0 Å². The van der Waals surface area contributed by atoms with Gasteiger partial charge in [-0.15, -0.1) is 0 Å². The lowest BCUT2D eigenvalue weighted by Crippen LogP contribution is -2.16. The Balaban J connectivity index is 2.23. The van der Waals surface area contributed by atoms with Gasteiger partial charge in [0.25, 0.3) is 5.91 Å². The standard InChI is InChI=1S/C12H11ClN4OS/c1-17-6-15-5-10(17)12(18)16-9-3-2-7(11(14)19)4-8(9)13/h2-6H,1H3,(H2,14,19)(H,16,18). The van der Waals surface area contributed by atoms with Gasteiger partial charge in [0.2, 0.25) is 0 Å². The molecule has 0 spiro atoms. The van der Waals surface area contributed by atoms with E-state index in [2.05, 4.69) is 10.3 Å². The molecule has 2 aromatic rings. The number of imidazole rings is 1. The predicted octanol–water partition coefficient (Wildman–Crippen LogP) is 1.96. The molecular weight excluding hydrogens is 284 g/mol. The summed E-state index contributed by atoms with van der Waals surface area (Å²) in [6, 6.07) is 4.97. The van der Waals surface area contributed by atoms with Crippen molar-refractivity contribution in [3.05, 3.63) is 47.0 Å². The van der Waals surface area contributed by atoms with Crippen molar-refractivity contribution in [3.8, 4) is 0 Å². The van der Waals surface area contributed by atoms with Crippen molar-refractivity contribution in [3.63, 3.8) is 0 Å². The number of benzene rings is 1. The lowest BCUT2D eigenvalue weighted by atomic mass is 10.2. The molecule has 3 N–H and O–H groups in total. The molecule has 1 aromatic carbocycles. The second-order valence-electron chi connectivity index (χ2n) is 3.90. The summed E-state index contributed by atoms with van der Waals surface area (Å²) in [5.41, 5.74) is 7.09.